The molecule has 0 aliphatic heterocycles. The highest BCUT2D eigenvalue weighted by atomic mass is 19.1. The van der Waals surface area contributed by atoms with Crippen LogP contribution >= 0.6 is 0 Å². The number of halogens is 1. The number of carbonyl (C=O) groups is 2. The first-order chi connectivity index (χ1) is 12.4. The van der Waals surface area contributed by atoms with Crippen LogP contribution in [0.1, 0.15) is 39.7 Å². The molecule has 136 valence electrons. The zero-order valence-electron chi connectivity index (χ0n) is 14.8. The summed E-state index contributed by atoms with van der Waals surface area (Å²) in [4.78, 5) is 31.0. The maximum atomic E-state index is 13.7. The van der Waals surface area contributed by atoms with Crippen molar-refractivity contribution in [2.45, 2.75) is 20.3 Å². The van der Waals surface area contributed by atoms with Crippen LogP contribution in [0.15, 0.2) is 30.6 Å². The standard InChI is InChI=1S/C19H19FN2O4/c1-4-26-18(23)6-5-13-10-21-11-15(12(13)2)8-16-7-14(19(24)25-3)9-17(20)22-16/h5-7,9-11H,4,8H2,1-3H3/b6-5+. The lowest BCUT2D eigenvalue weighted by Crippen LogP contribution is -2.06. The van der Waals surface area contributed by atoms with Crippen LogP contribution in [0.5, 0.6) is 0 Å². The monoisotopic (exact) mass is 358 g/mol. The molecule has 2 aromatic rings. The summed E-state index contributed by atoms with van der Waals surface area (Å²) in [5, 5.41) is 0. The minimum Gasteiger partial charge on any atom is -0.465 e. The Morgan fingerprint density at radius 3 is 2.73 bits per heavy atom. The maximum Gasteiger partial charge on any atom is 0.338 e. The molecule has 0 radical (unpaired) electrons. The van der Waals surface area contributed by atoms with Gasteiger partial charge in [0.05, 0.1) is 19.3 Å². The van der Waals surface area contributed by atoms with E-state index in [2.05, 4.69) is 14.7 Å². The Kier molecular flexibility index (Phi) is 6.54. The Bertz CT molecular complexity index is 849. The molecule has 0 unspecified atom stereocenters. The molecule has 0 aliphatic carbocycles. The fourth-order valence-corrected chi connectivity index (χ4v) is 2.35. The smallest absolute Gasteiger partial charge is 0.338 e. The predicted octanol–water partition coefficient (Wildman–Crippen LogP) is 2.88. The van der Waals surface area contributed by atoms with Gasteiger partial charge in [-0.3, -0.25) is 4.98 Å². The third-order valence-corrected chi connectivity index (χ3v) is 3.68. The average molecular weight is 358 g/mol. The van der Waals surface area contributed by atoms with Gasteiger partial charge >= 0.3 is 11.9 Å². The summed E-state index contributed by atoms with van der Waals surface area (Å²) in [6, 6.07) is 2.51. The number of methoxy groups -OCH3 is 1. The SMILES string of the molecule is CCOC(=O)/C=C/c1cncc(Cc2cc(C(=O)OC)cc(F)n2)c1C. The summed E-state index contributed by atoms with van der Waals surface area (Å²) < 4.78 is 23.2. The second-order valence-corrected chi connectivity index (χ2v) is 5.44. The number of ether oxygens (including phenoxy) is 2. The van der Waals surface area contributed by atoms with E-state index < -0.39 is 17.9 Å². The molecule has 0 bridgehead atoms. The van der Waals surface area contributed by atoms with Crippen LogP contribution in [0.4, 0.5) is 4.39 Å². The number of nitrogens with zero attached hydrogens (tertiary/aromatic N) is 2. The van der Waals surface area contributed by atoms with Crippen molar-refractivity contribution < 1.29 is 23.5 Å². The Balaban J connectivity index is 2.28. The van der Waals surface area contributed by atoms with Gasteiger partial charge in [-0.1, -0.05) is 0 Å². The van der Waals surface area contributed by atoms with Gasteiger partial charge in [-0.05, 0) is 42.7 Å². The van der Waals surface area contributed by atoms with Crippen molar-refractivity contribution in [1.29, 1.82) is 0 Å². The Hall–Kier alpha value is -3.09. The lowest BCUT2D eigenvalue weighted by atomic mass is 10.0. The number of hydrogen-bond acceptors (Lipinski definition) is 6. The minimum atomic E-state index is -0.758. The van der Waals surface area contributed by atoms with Gasteiger partial charge in [0.15, 0.2) is 0 Å². The Morgan fingerprint density at radius 1 is 1.27 bits per heavy atom. The van der Waals surface area contributed by atoms with Gasteiger partial charge in [-0.25, -0.2) is 14.6 Å². The molecule has 0 atom stereocenters. The van der Waals surface area contributed by atoms with Gasteiger partial charge < -0.3 is 9.47 Å². The van der Waals surface area contributed by atoms with E-state index in [1.807, 2.05) is 6.92 Å². The molecule has 2 rings (SSSR count). The van der Waals surface area contributed by atoms with Crippen molar-refractivity contribution in [3.05, 3.63) is 64.5 Å². The minimum absolute atomic E-state index is 0.0963. The van der Waals surface area contributed by atoms with E-state index in [-0.39, 0.29) is 12.0 Å². The highest BCUT2D eigenvalue weighted by molar-refractivity contribution is 5.89. The van der Waals surface area contributed by atoms with Gasteiger partial charge in [-0.2, -0.15) is 4.39 Å². The van der Waals surface area contributed by atoms with E-state index >= 15 is 0 Å². The first-order valence-corrected chi connectivity index (χ1v) is 7.97. The fraction of sp³-hybridized carbons (Fsp3) is 0.263. The van der Waals surface area contributed by atoms with Gasteiger partial charge in [0.2, 0.25) is 5.95 Å². The van der Waals surface area contributed by atoms with E-state index in [9.17, 15) is 14.0 Å². The predicted molar refractivity (Wildman–Crippen MR) is 93.0 cm³/mol. The molecule has 0 saturated carbocycles. The van der Waals surface area contributed by atoms with E-state index in [1.165, 1.54) is 19.3 Å². The highest BCUT2D eigenvalue weighted by Gasteiger charge is 2.12. The lowest BCUT2D eigenvalue weighted by molar-refractivity contribution is -0.137. The third kappa shape index (κ3) is 4.95. The number of esters is 2. The van der Waals surface area contributed by atoms with Crippen LogP contribution in [-0.4, -0.2) is 35.6 Å². The molecule has 6 nitrogen and oxygen atoms in total. The molecule has 0 fully saturated rings. The quantitative estimate of drug-likeness (QED) is 0.449. The molecule has 0 saturated heterocycles. The summed E-state index contributed by atoms with van der Waals surface area (Å²) in [6.45, 7) is 3.89. The van der Waals surface area contributed by atoms with Crippen LogP contribution in [-0.2, 0) is 20.7 Å². The second-order valence-electron chi connectivity index (χ2n) is 5.44. The van der Waals surface area contributed by atoms with Crippen LogP contribution in [0.3, 0.4) is 0 Å². The normalized spacial score (nSPS) is 10.8. The first kappa shape index (κ1) is 19.2. The van der Waals surface area contributed by atoms with E-state index in [4.69, 9.17) is 4.74 Å². The van der Waals surface area contributed by atoms with E-state index in [1.54, 1.807) is 25.4 Å². The van der Waals surface area contributed by atoms with Crippen LogP contribution in [0.2, 0.25) is 0 Å². The number of carbonyl (C=O) groups excluding carboxylic acids is 2. The molecule has 2 heterocycles. The van der Waals surface area contributed by atoms with Gasteiger partial charge in [0.1, 0.15) is 0 Å². The molecular weight excluding hydrogens is 339 g/mol. The second kappa shape index (κ2) is 8.84. The summed E-state index contributed by atoms with van der Waals surface area (Å²) in [6.07, 6.45) is 6.48. The fourth-order valence-electron chi connectivity index (χ4n) is 2.35. The molecule has 0 N–H and O–H groups in total. The van der Waals surface area contributed by atoms with Crippen molar-refractivity contribution in [3.8, 4) is 0 Å². The third-order valence-electron chi connectivity index (χ3n) is 3.68. The maximum absolute atomic E-state index is 13.7. The highest BCUT2D eigenvalue weighted by Crippen LogP contribution is 2.18. The van der Waals surface area contributed by atoms with E-state index in [0.29, 0.717) is 12.3 Å². The molecule has 7 heteroatoms. The van der Waals surface area contributed by atoms with Gasteiger partial charge in [-0.15, -0.1) is 0 Å². The zero-order chi connectivity index (χ0) is 19.1. The Morgan fingerprint density at radius 2 is 2.04 bits per heavy atom. The number of aromatic nitrogens is 2. The number of pyridine rings is 2. The van der Waals surface area contributed by atoms with Crippen LogP contribution in [0, 0.1) is 12.9 Å². The van der Waals surface area contributed by atoms with Crippen LogP contribution in [0.25, 0.3) is 6.08 Å². The van der Waals surface area contributed by atoms with Crippen molar-refractivity contribution in [3.63, 3.8) is 0 Å². The summed E-state index contributed by atoms with van der Waals surface area (Å²) >= 11 is 0. The van der Waals surface area contributed by atoms with Crippen molar-refractivity contribution in [1.82, 2.24) is 9.97 Å². The first-order valence-electron chi connectivity index (χ1n) is 7.97. The molecular formula is C19H19FN2O4. The van der Waals surface area contributed by atoms with Crippen molar-refractivity contribution in [2.24, 2.45) is 0 Å². The van der Waals surface area contributed by atoms with Crippen molar-refractivity contribution >= 4 is 18.0 Å². The van der Waals surface area contributed by atoms with E-state index in [0.717, 1.165) is 22.8 Å². The topological polar surface area (TPSA) is 78.4 Å². The van der Waals surface area contributed by atoms with Crippen molar-refractivity contribution in [2.75, 3.05) is 13.7 Å². The van der Waals surface area contributed by atoms with Gasteiger partial charge in [0.25, 0.3) is 0 Å². The summed E-state index contributed by atoms with van der Waals surface area (Å²) in [7, 11) is 1.23. The molecule has 0 amide bonds. The number of hydrogen-bond donors (Lipinski definition) is 0. The largest absolute Gasteiger partial charge is 0.465 e. The molecule has 0 aromatic carbocycles. The average Bonchev–Trinajstić information content (AvgIpc) is 2.61. The summed E-state index contributed by atoms with van der Waals surface area (Å²) in [5.74, 6) is -1.83. The Labute approximate surface area is 150 Å². The zero-order valence-corrected chi connectivity index (χ0v) is 14.8. The molecule has 2 aromatic heterocycles. The molecule has 0 spiro atoms. The van der Waals surface area contributed by atoms with Crippen LogP contribution < -0.4 is 0 Å². The van der Waals surface area contributed by atoms with Gasteiger partial charge in [0, 0.05) is 36.7 Å². The molecule has 0 aliphatic rings. The lowest BCUT2D eigenvalue weighted by Gasteiger charge is -2.09. The molecule has 26 heavy (non-hydrogen) atoms. The summed E-state index contributed by atoms with van der Waals surface area (Å²) in [5.41, 5.74) is 2.87. The number of rotatable bonds is 6.